The standard InChI is InChI=1S/C17H29N5O3S/c1-13-4-6-20(7-5-13)14(2)17(23)18-11-15-10-16-12-21(26(3,24)25)8-9-22(16)19-15/h10,13-14H,4-9,11-12H2,1-3H3,(H,18,23)/t14-/m0/s1. The van der Waals surface area contributed by atoms with Crippen molar-refractivity contribution in [3.8, 4) is 0 Å². The second-order valence-corrected chi connectivity index (χ2v) is 9.54. The zero-order valence-corrected chi connectivity index (χ0v) is 16.6. The number of carbonyl (C=O) groups excluding carboxylic acids is 1. The molecule has 26 heavy (non-hydrogen) atoms. The molecule has 0 unspecified atom stereocenters. The SMILES string of the molecule is CC1CCN([C@@H](C)C(=O)NCc2cc3n(n2)CCN(S(C)(=O)=O)C3)CC1. The Morgan fingerprint density at radius 2 is 2.00 bits per heavy atom. The van der Waals surface area contributed by atoms with Gasteiger partial charge in [-0.3, -0.25) is 14.4 Å². The van der Waals surface area contributed by atoms with Gasteiger partial charge in [-0.15, -0.1) is 0 Å². The Hall–Kier alpha value is -1.45. The van der Waals surface area contributed by atoms with E-state index in [-0.39, 0.29) is 11.9 Å². The number of amides is 1. The number of piperidine rings is 1. The van der Waals surface area contributed by atoms with E-state index in [0.29, 0.717) is 26.2 Å². The molecule has 1 atom stereocenters. The molecule has 146 valence electrons. The van der Waals surface area contributed by atoms with Crippen LogP contribution in [0.4, 0.5) is 0 Å². The van der Waals surface area contributed by atoms with Gasteiger partial charge in [0.05, 0.1) is 43.3 Å². The molecule has 1 N–H and O–H groups in total. The van der Waals surface area contributed by atoms with Crippen LogP contribution in [-0.2, 0) is 34.5 Å². The molecule has 0 spiro atoms. The van der Waals surface area contributed by atoms with E-state index < -0.39 is 10.0 Å². The van der Waals surface area contributed by atoms with Gasteiger partial charge in [0.15, 0.2) is 0 Å². The number of nitrogens with zero attached hydrogens (tertiary/aromatic N) is 4. The summed E-state index contributed by atoms with van der Waals surface area (Å²) in [6.07, 6.45) is 3.51. The normalized spacial score (nSPS) is 21.3. The molecule has 1 amide bonds. The average molecular weight is 384 g/mol. The lowest BCUT2D eigenvalue weighted by atomic mass is 9.98. The van der Waals surface area contributed by atoms with Crippen molar-refractivity contribution in [2.75, 3.05) is 25.9 Å². The Morgan fingerprint density at radius 1 is 1.31 bits per heavy atom. The van der Waals surface area contributed by atoms with E-state index in [1.165, 1.54) is 10.6 Å². The molecular weight excluding hydrogens is 354 g/mol. The first kappa shape index (κ1) is 19.3. The quantitative estimate of drug-likeness (QED) is 0.795. The zero-order chi connectivity index (χ0) is 18.9. The number of nitrogens with one attached hydrogen (secondary N) is 1. The van der Waals surface area contributed by atoms with Gasteiger partial charge in [-0.2, -0.15) is 9.40 Å². The largest absolute Gasteiger partial charge is 0.349 e. The van der Waals surface area contributed by atoms with E-state index in [1.807, 2.05) is 17.7 Å². The Balaban J connectivity index is 1.54. The minimum Gasteiger partial charge on any atom is -0.349 e. The number of carbonyl (C=O) groups is 1. The number of sulfonamides is 1. The van der Waals surface area contributed by atoms with Crippen LogP contribution in [0.2, 0.25) is 0 Å². The van der Waals surface area contributed by atoms with Gasteiger partial charge in [0.25, 0.3) is 0 Å². The van der Waals surface area contributed by atoms with Crippen LogP contribution in [-0.4, -0.2) is 65.2 Å². The summed E-state index contributed by atoms with van der Waals surface area (Å²) < 4.78 is 26.7. The van der Waals surface area contributed by atoms with Crippen LogP contribution in [0.1, 0.15) is 38.1 Å². The molecule has 2 aliphatic rings. The maximum Gasteiger partial charge on any atom is 0.237 e. The molecule has 3 heterocycles. The molecule has 3 rings (SSSR count). The van der Waals surface area contributed by atoms with Crippen molar-refractivity contribution in [1.82, 2.24) is 24.3 Å². The number of likely N-dealkylation sites (tertiary alicyclic amines) is 1. The molecule has 1 aromatic heterocycles. The van der Waals surface area contributed by atoms with Crippen molar-refractivity contribution in [3.05, 3.63) is 17.5 Å². The Labute approximate surface area is 155 Å². The minimum absolute atomic E-state index is 0.0169. The summed E-state index contributed by atoms with van der Waals surface area (Å²) in [5, 5.41) is 7.46. The predicted molar refractivity (Wildman–Crippen MR) is 98.8 cm³/mol. The van der Waals surface area contributed by atoms with E-state index in [2.05, 4.69) is 22.2 Å². The van der Waals surface area contributed by atoms with Crippen molar-refractivity contribution in [1.29, 1.82) is 0 Å². The molecule has 1 fully saturated rings. The third-order valence-electron chi connectivity index (χ3n) is 5.47. The van der Waals surface area contributed by atoms with E-state index in [0.717, 1.165) is 43.2 Å². The fourth-order valence-corrected chi connectivity index (χ4v) is 4.36. The third-order valence-corrected chi connectivity index (χ3v) is 6.72. The van der Waals surface area contributed by atoms with E-state index in [4.69, 9.17) is 0 Å². The fourth-order valence-electron chi connectivity index (χ4n) is 3.58. The number of fused-ring (bicyclic) bond motifs is 1. The summed E-state index contributed by atoms with van der Waals surface area (Å²) >= 11 is 0. The summed E-state index contributed by atoms with van der Waals surface area (Å²) in [4.78, 5) is 14.7. The van der Waals surface area contributed by atoms with Gasteiger partial charge >= 0.3 is 0 Å². The lowest BCUT2D eigenvalue weighted by Crippen LogP contribution is -2.47. The van der Waals surface area contributed by atoms with Crippen molar-refractivity contribution in [2.24, 2.45) is 5.92 Å². The number of rotatable bonds is 5. The molecule has 9 heteroatoms. The molecule has 2 aliphatic heterocycles. The number of hydrogen-bond donors (Lipinski definition) is 1. The molecule has 1 saturated heterocycles. The van der Waals surface area contributed by atoms with Crippen LogP contribution in [0.3, 0.4) is 0 Å². The lowest BCUT2D eigenvalue weighted by Gasteiger charge is -2.34. The first-order chi connectivity index (χ1) is 12.2. The van der Waals surface area contributed by atoms with Crippen LogP contribution in [0.15, 0.2) is 6.07 Å². The molecule has 0 saturated carbocycles. The molecule has 0 radical (unpaired) electrons. The summed E-state index contributed by atoms with van der Waals surface area (Å²) in [7, 11) is -3.20. The van der Waals surface area contributed by atoms with Crippen LogP contribution in [0.5, 0.6) is 0 Å². The maximum absolute atomic E-state index is 12.4. The van der Waals surface area contributed by atoms with Gasteiger partial charge in [0.2, 0.25) is 15.9 Å². The molecule has 0 aliphatic carbocycles. The van der Waals surface area contributed by atoms with Gasteiger partial charge in [-0.05, 0) is 44.8 Å². The average Bonchev–Trinajstić information content (AvgIpc) is 3.01. The number of aromatic nitrogens is 2. The highest BCUT2D eigenvalue weighted by Crippen LogP contribution is 2.18. The molecule has 8 nitrogen and oxygen atoms in total. The van der Waals surface area contributed by atoms with Crippen molar-refractivity contribution in [2.45, 2.75) is 52.4 Å². The van der Waals surface area contributed by atoms with E-state index in [9.17, 15) is 13.2 Å². The predicted octanol–water partition coefficient (Wildman–Crippen LogP) is 0.395. The van der Waals surface area contributed by atoms with Crippen LogP contribution < -0.4 is 5.32 Å². The zero-order valence-electron chi connectivity index (χ0n) is 15.8. The molecular formula is C17H29N5O3S. The fraction of sp³-hybridized carbons (Fsp3) is 0.765. The van der Waals surface area contributed by atoms with Crippen molar-refractivity contribution >= 4 is 15.9 Å². The highest BCUT2D eigenvalue weighted by atomic mass is 32.2. The minimum atomic E-state index is -3.20. The maximum atomic E-state index is 12.4. The Bertz CT molecular complexity index is 752. The van der Waals surface area contributed by atoms with E-state index >= 15 is 0 Å². The smallest absolute Gasteiger partial charge is 0.237 e. The summed E-state index contributed by atoms with van der Waals surface area (Å²) in [6.45, 7) is 7.82. The Kier molecular flexibility index (Phi) is 5.69. The second kappa shape index (κ2) is 7.66. The van der Waals surface area contributed by atoms with Crippen LogP contribution in [0.25, 0.3) is 0 Å². The Morgan fingerprint density at radius 3 is 2.65 bits per heavy atom. The van der Waals surface area contributed by atoms with Crippen molar-refractivity contribution in [3.63, 3.8) is 0 Å². The van der Waals surface area contributed by atoms with E-state index in [1.54, 1.807) is 0 Å². The summed E-state index contributed by atoms with van der Waals surface area (Å²) in [5.41, 5.74) is 1.63. The molecule has 0 bridgehead atoms. The van der Waals surface area contributed by atoms with Crippen molar-refractivity contribution < 1.29 is 13.2 Å². The molecule has 1 aromatic rings. The van der Waals surface area contributed by atoms with Gasteiger partial charge in [0.1, 0.15) is 0 Å². The monoisotopic (exact) mass is 383 g/mol. The first-order valence-electron chi connectivity index (χ1n) is 9.26. The van der Waals surface area contributed by atoms with Crippen LogP contribution in [0, 0.1) is 5.92 Å². The van der Waals surface area contributed by atoms with Crippen LogP contribution >= 0.6 is 0 Å². The van der Waals surface area contributed by atoms with Gasteiger partial charge < -0.3 is 5.32 Å². The third kappa shape index (κ3) is 4.44. The topological polar surface area (TPSA) is 87.5 Å². The van der Waals surface area contributed by atoms with Gasteiger partial charge in [-0.1, -0.05) is 6.92 Å². The lowest BCUT2D eigenvalue weighted by molar-refractivity contribution is -0.126. The second-order valence-electron chi connectivity index (χ2n) is 7.56. The number of hydrogen-bond acceptors (Lipinski definition) is 5. The van der Waals surface area contributed by atoms with Gasteiger partial charge in [0, 0.05) is 6.54 Å². The van der Waals surface area contributed by atoms with Gasteiger partial charge in [-0.25, -0.2) is 8.42 Å². The highest BCUT2D eigenvalue weighted by Gasteiger charge is 2.26. The molecule has 0 aromatic carbocycles. The summed E-state index contributed by atoms with van der Waals surface area (Å²) in [5.74, 6) is 0.758. The first-order valence-corrected chi connectivity index (χ1v) is 11.1. The highest BCUT2D eigenvalue weighted by molar-refractivity contribution is 7.88. The summed E-state index contributed by atoms with van der Waals surface area (Å²) in [6, 6.07) is 1.74.